The molecule has 0 aliphatic rings. The topological polar surface area (TPSA) is 119 Å². The Balaban J connectivity index is 0.00000125. The third-order valence-corrected chi connectivity index (χ3v) is 3.71. The van der Waals surface area contributed by atoms with Crippen molar-refractivity contribution in [2.45, 2.75) is 12.6 Å². The maximum atomic E-state index is 12.7. The molecule has 0 saturated heterocycles. The fourth-order valence-corrected chi connectivity index (χ4v) is 2.31. The van der Waals surface area contributed by atoms with E-state index in [4.69, 9.17) is 16.3 Å². The standard InChI is InChI=1S/C17H11ClF3NO7.C3H9S/c18-12-7-9(17(19,20)21)1-4-14(12)29-10-2-3-13(22(26)27)11(8-10)16(25)28-6-5-15(23)24;1-4(2)3/h1-4,7-8H,5-6H2,(H,23,24);1-3H3/q;+1/p-1. The Morgan fingerprint density at radius 1 is 1.12 bits per heavy atom. The van der Waals surface area contributed by atoms with Crippen LogP contribution in [0.3, 0.4) is 0 Å². The molecule has 2 aromatic carbocycles. The first kappa shape index (κ1) is 28.0. The number of hydrogen-bond donors (Lipinski definition) is 0. The smallest absolute Gasteiger partial charge is 0.416 e. The molecule has 33 heavy (non-hydrogen) atoms. The van der Waals surface area contributed by atoms with Crippen LogP contribution in [0.5, 0.6) is 11.5 Å². The van der Waals surface area contributed by atoms with Crippen LogP contribution in [0.2, 0.25) is 5.02 Å². The lowest BCUT2D eigenvalue weighted by Gasteiger charge is -2.12. The average molecular weight is 510 g/mol. The van der Waals surface area contributed by atoms with Crippen molar-refractivity contribution in [3.63, 3.8) is 0 Å². The van der Waals surface area contributed by atoms with Gasteiger partial charge in [-0.1, -0.05) is 11.6 Å². The third-order valence-electron chi connectivity index (χ3n) is 3.41. The van der Waals surface area contributed by atoms with Crippen molar-refractivity contribution in [2.24, 2.45) is 0 Å². The summed E-state index contributed by atoms with van der Waals surface area (Å²) in [7, 11) is 0.639. The van der Waals surface area contributed by atoms with Gasteiger partial charge in [0.1, 0.15) is 17.1 Å². The molecule has 8 nitrogen and oxygen atoms in total. The average Bonchev–Trinajstić information content (AvgIpc) is 2.67. The number of carboxylic acid groups (broad SMARTS) is 1. The van der Waals surface area contributed by atoms with Crippen LogP contribution in [0.1, 0.15) is 22.3 Å². The normalized spacial score (nSPS) is 10.8. The molecule has 0 heterocycles. The zero-order chi connectivity index (χ0) is 25.3. The van der Waals surface area contributed by atoms with Crippen molar-refractivity contribution < 1.29 is 42.3 Å². The summed E-state index contributed by atoms with van der Waals surface area (Å²) < 4.78 is 48.0. The molecule has 0 aliphatic carbocycles. The molecule has 0 fully saturated rings. The molecule has 0 aromatic heterocycles. The van der Waals surface area contributed by atoms with E-state index in [-0.39, 0.29) is 16.5 Å². The molecule has 0 radical (unpaired) electrons. The van der Waals surface area contributed by atoms with Crippen LogP contribution in [-0.2, 0) is 26.6 Å². The number of rotatable bonds is 7. The lowest BCUT2D eigenvalue weighted by Crippen LogP contribution is -2.24. The van der Waals surface area contributed by atoms with Crippen molar-refractivity contribution in [3.8, 4) is 11.5 Å². The van der Waals surface area contributed by atoms with Crippen LogP contribution in [0.4, 0.5) is 18.9 Å². The van der Waals surface area contributed by atoms with Crippen molar-refractivity contribution in [1.29, 1.82) is 0 Å². The molecule has 0 aliphatic heterocycles. The molecule has 0 bridgehead atoms. The SMILES string of the molecule is C[S+](C)C.O=C([O-])CCOC(=O)c1cc(Oc2ccc(C(F)(F)F)cc2Cl)ccc1[N+](=O)[O-]. The maximum Gasteiger partial charge on any atom is 0.416 e. The maximum absolute atomic E-state index is 12.7. The zero-order valence-electron chi connectivity index (χ0n) is 17.6. The van der Waals surface area contributed by atoms with Gasteiger partial charge in [-0.15, -0.1) is 0 Å². The molecule has 0 N–H and O–H groups in total. The number of benzene rings is 2. The first-order valence-electron chi connectivity index (χ1n) is 8.91. The van der Waals surface area contributed by atoms with Gasteiger partial charge in [-0.3, -0.25) is 10.1 Å². The van der Waals surface area contributed by atoms with Crippen LogP contribution in [-0.4, -0.2) is 42.2 Å². The number of nitro benzene ring substituents is 1. The van der Waals surface area contributed by atoms with Crippen LogP contribution >= 0.6 is 11.6 Å². The number of alkyl halides is 3. The minimum atomic E-state index is -4.61. The van der Waals surface area contributed by atoms with Gasteiger partial charge in [-0.2, -0.15) is 13.2 Å². The molecular weight excluding hydrogens is 491 g/mol. The Morgan fingerprint density at radius 3 is 2.21 bits per heavy atom. The summed E-state index contributed by atoms with van der Waals surface area (Å²) in [5.41, 5.74) is -2.20. The number of aliphatic carboxylic acids is 1. The number of ether oxygens (including phenoxy) is 2. The minimum Gasteiger partial charge on any atom is -0.550 e. The van der Waals surface area contributed by atoms with E-state index >= 15 is 0 Å². The summed E-state index contributed by atoms with van der Waals surface area (Å²) in [4.78, 5) is 32.6. The summed E-state index contributed by atoms with van der Waals surface area (Å²) in [6.07, 6.45) is 1.36. The molecule has 0 spiro atoms. The van der Waals surface area contributed by atoms with Gasteiger partial charge < -0.3 is 19.4 Å². The zero-order valence-corrected chi connectivity index (χ0v) is 19.2. The van der Waals surface area contributed by atoms with Crippen molar-refractivity contribution in [2.75, 3.05) is 25.4 Å². The molecule has 0 atom stereocenters. The Labute approximate surface area is 194 Å². The number of hydrogen-bond acceptors (Lipinski definition) is 7. The molecule has 13 heteroatoms. The molecule has 0 amide bonds. The van der Waals surface area contributed by atoms with Crippen molar-refractivity contribution in [3.05, 3.63) is 62.7 Å². The van der Waals surface area contributed by atoms with Crippen LogP contribution in [0.25, 0.3) is 0 Å². The van der Waals surface area contributed by atoms with E-state index in [2.05, 4.69) is 23.5 Å². The number of nitrogens with zero attached hydrogens (tertiary/aromatic N) is 1. The fourth-order valence-electron chi connectivity index (χ4n) is 2.09. The second-order valence-electron chi connectivity index (χ2n) is 6.66. The lowest BCUT2D eigenvalue weighted by atomic mass is 10.1. The van der Waals surface area contributed by atoms with E-state index in [1.54, 1.807) is 0 Å². The van der Waals surface area contributed by atoms with Gasteiger partial charge in [0.25, 0.3) is 5.69 Å². The highest BCUT2D eigenvalue weighted by molar-refractivity contribution is 7.94. The molecule has 180 valence electrons. The predicted octanol–water partition coefficient (Wildman–Crippen LogP) is 3.85. The van der Waals surface area contributed by atoms with Gasteiger partial charge in [0, 0.05) is 24.5 Å². The molecule has 2 aromatic rings. The second-order valence-corrected chi connectivity index (χ2v) is 9.52. The molecular formula is C20H19ClF3NO7S. The molecule has 2 rings (SSSR count). The highest BCUT2D eigenvalue weighted by atomic mass is 35.5. The summed E-state index contributed by atoms with van der Waals surface area (Å²) in [5.74, 6) is -3.02. The highest BCUT2D eigenvalue weighted by Crippen LogP contribution is 2.37. The lowest BCUT2D eigenvalue weighted by molar-refractivity contribution is -0.385. The Hall–Kier alpha value is -2.99. The Bertz CT molecular complexity index is 1010. The van der Waals surface area contributed by atoms with Gasteiger partial charge in [0.05, 0.1) is 40.9 Å². The van der Waals surface area contributed by atoms with Crippen LogP contribution in [0.15, 0.2) is 36.4 Å². The van der Waals surface area contributed by atoms with E-state index in [9.17, 15) is 38.0 Å². The van der Waals surface area contributed by atoms with Gasteiger partial charge >= 0.3 is 12.1 Å². The summed E-state index contributed by atoms with van der Waals surface area (Å²) in [5, 5.41) is 21.1. The third kappa shape index (κ3) is 9.58. The Morgan fingerprint density at radius 2 is 1.73 bits per heavy atom. The van der Waals surface area contributed by atoms with Gasteiger partial charge in [0.15, 0.2) is 0 Å². The fraction of sp³-hybridized carbons (Fsp3) is 0.300. The number of nitro groups is 1. The first-order valence-corrected chi connectivity index (χ1v) is 11.7. The van der Waals surface area contributed by atoms with Crippen LogP contribution < -0.4 is 9.84 Å². The quantitative estimate of drug-likeness (QED) is 0.241. The number of carboxylic acids is 1. The summed E-state index contributed by atoms with van der Waals surface area (Å²) in [6.45, 7) is -0.575. The van der Waals surface area contributed by atoms with Crippen LogP contribution in [0, 0.1) is 10.1 Å². The predicted molar refractivity (Wildman–Crippen MR) is 115 cm³/mol. The van der Waals surface area contributed by atoms with Gasteiger partial charge in [-0.05, 0) is 35.2 Å². The summed E-state index contributed by atoms with van der Waals surface area (Å²) in [6, 6.07) is 5.25. The van der Waals surface area contributed by atoms with E-state index < -0.39 is 52.9 Å². The van der Waals surface area contributed by atoms with E-state index in [0.29, 0.717) is 17.0 Å². The second kappa shape index (κ2) is 12.3. The number of carbonyl (C=O) groups excluding carboxylic acids is 2. The van der Waals surface area contributed by atoms with Gasteiger partial charge in [-0.25, -0.2) is 4.79 Å². The summed E-state index contributed by atoms with van der Waals surface area (Å²) >= 11 is 5.78. The van der Waals surface area contributed by atoms with E-state index in [1.807, 2.05) is 0 Å². The highest BCUT2D eigenvalue weighted by Gasteiger charge is 2.31. The van der Waals surface area contributed by atoms with Crippen molar-refractivity contribution in [1.82, 2.24) is 0 Å². The number of esters is 1. The molecule has 0 saturated carbocycles. The number of carbonyl (C=O) groups is 2. The molecule has 0 unspecified atom stereocenters. The number of halogens is 4. The monoisotopic (exact) mass is 509 g/mol. The van der Waals surface area contributed by atoms with Crippen molar-refractivity contribution >= 4 is 40.1 Å². The van der Waals surface area contributed by atoms with E-state index in [1.165, 1.54) is 0 Å². The Kier molecular flexibility index (Phi) is 10.5. The largest absolute Gasteiger partial charge is 0.550 e. The first-order chi connectivity index (χ1) is 15.2. The van der Waals surface area contributed by atoms with Gasteiger partial charge in [0.2, 0.25) is 0 Å². The van der Waals surface area contributed by atoms with E-state index in [0.717, 1.165) is 30.3 Å². The minimum absolute atomic E-state index is 0.149.